The molecule has 1 aromatic heterocycles. The van der Waals surface area contributed by atoms with E-state index < -0.39 is 12.4 Å². The van der Waals surface area contributed by atoms with Crippen molar-refractivity contribution in [3.63, 3.8) is 0 Å². The standard InChI is InChI=1S/C11H12BrF2NO2/c1-3-17-9(16)5-8-10(11(13)14)7(12)4-6(2)15-8/h4,11H,3,5H2,1-2H3. The largest absolute Gasteiger partial charge is 0.466 e. The molecule has 17 heavy (non-hydrogen) atoms. The molecule has 1 rings (SSSR count). The lowest BCUT2D eigenvalue weighted by molar-refractivity contribution is -0.142. The van der Waals surface area contributed by atoms with Gasteiger partial charge >= 0.3 is 5.97 Å². The number of aryl methyl sites for hydroxylation is 1. The van der Waals surface area contributed by atoms with Crippen LogP contribution >= 0.6 is 15.9 Å². The molecule has 1 aromatic rings. The van der Waals surface area contributed by atoms with Crippen molar-refractivity contribution in [2.75, 3.05) is 6.61 Å². The lowest BCUT2D eigenvalue weighted by Gasteiger charge is -2.10. The molecule has 0 N–H and O–H groups in total. The molecule has 1 heterocycles. The summed E-state index contributed by atoms with van der Waals surface area (Å²) >= 11 is 3.06. The third-order valence-electron chi connectivity index (χ3n) is 2.05. The number of halogens is 3. The van der Waals surface area contributed by atoms with E-state index in [1.807, 2.05) is 0 Å². The Morgan fingerprint density at radius 1 is 1.59 bits per heavy atom. The molecule has 0 fully saturated rings. The van der Waals surface area contributed by atoms with Crippen molar-refractivity contribution in [3.05, 3.63) is 27.5 Å². The van der Waals surface area contributed by atoms with E-state index in [0.29, 0.717) is 5.69 Å². The second-order valence-electron chi connectivity index (χ2n) is 3.39. The quantitative estimate of drug-likeness (QED) is 0.802. The van der Waals surface area contributed by atoms with Gasteiger partial charge in [-0.15, -0.1) is 0 Å². The highest BCUT2D eigenvalue weighted by Crippen LogP contribution is 2.30. The third-order valence-corrected chi connectivity index (χ3v) is 2.71. The first-order valence-corrected chi connectivity index (χ1v) is 5.84. The molecule has 94 valence electrons. The van der Waals surface area contributed by atoms with Crippen molar-refractivity contribution < 1.29 is 18.3 Å². The summed E-state index contributed by atoms with van der Waals surface area (Å²) in [6.45, 7) is 3.55. The highest BCUT2D eigenvalue weighted by Gasteiger charge is 2.21. The average molecular weight is 308 g/mol. The van der Waals surface area contributed by atoms with Gasteiger partial charge in [-0.3, -0.25) is 9.78 Å². The van der Waals surface area contributed by atoms with E-state index in [2.05, 4.69) is 20.9 Å². The molecule has 0 saturated carbocycles. The predicted molar refractivity (Wildman–Crippen MR) is 62.0 cm³/mol. The van der Waals surface area contributed by atoms with Crippen LogP contribution < -0.4 is 0 Å². The van der Waals surface area contributed by atoms with Crippen molar-refractivity contribution in [2.45, 2.75) is 26.7 Å². The van der Waals surface area contributed by atoms with Crippen LogP contribution in [0.1, 0.15) is 30.3 Å². The minimum Gasteiger partial charge on any atom is -0.466 e. The molecule has 3 nitrogen and oxygen atoms in total. The summed E-state index contributed by atoms with van der Waals surface area (Å²) in [6.07, 6.45) is -2.92. The van der Waals surface area contributed by atoms with Gasteiger partial charge in [-0.05, 0) is 19.9 Å². The molecule has 0 atom stereocenters. The number of esters is 1. The summed E-state index contributed by atoms with van der Waals surface area (Å²) in [7, 11) is 0. The number of carbonyl (C=O) groups excluding carboxylic acids is 1. The minimum absolute atomic E-state index is 0.0605. The Morgan fingerprint density at radius 2 is 2.24 bits per heavy atom. The van der Waals surface area contributed by atoms with Gasteiger partial charge in [-0.25, -0.2) is 8.78 Å². The lowest BCUT2D eigenvalue weighted by atomic mass is 10.1. The molecule has 0 spiro atoms. The average Bonchev–Trinajstić information content (AvgIpc) is 2.15. The summed E-state index contributed by atoms with van der Waals surface area (Å²) in [6, 6.07) is 1.50. The SMILES string of the molecule is CCOC(=O)Cc1nc(C)cc(Br)c1C(F)F. The van der Waals surface area contributed by atoms with E-state index in [-0.39, 0.29) is 28.8 Å². The number of nitrogens with zero attached hydrogens (tertiary/aromatic N) is 1. The van der Waals surface area contributed by atoms with E-state index in [1.54, 1.807) is 13.8 Å². The monoisotopic (exact) mass is 307 g/mol. The van der Waals surface area contributed by atoms with Gasteiger partial charge in [0.1, 0.15) is 0 Å². The van der Waals surface area contributed by atoms with Gasteiger partial charge < -0.3 is 4.74 Å². The van der Waals surface area contributed by atoms with Gasteiger partial charge in [0, 0.05) is 10.2 Å². The summed E-state index contributed by atoms with van der Waals surface area (Å²) in [5.74, 6) is -0.556. The molecule has 0 aliphatic rings. The van der Waals surface area contributed by atoms with Crippen molar-refractivity contribution in [1.29, 1.82) is 0 Å². The van der Waals surface area contributed by atoms with E-state index in [1.165, 1.54) is 6.07 Å². The van der Waals surface area contributed by atoms with Gasteiger partial charge in [-0.1, -0.05) is 15.9 Å². The fraction of sp³-hybridized carbons (Fsp3) is 0.455. The minimum atomic E-state index is -2.68. The summed E-state index contributed by atoms with van der Waals surface area (Å²) < 4.78 is 30.7. The first-order chi connectivity index (χ1) is 7.95. The lowest BCUT2D eigenvalue weighted by Crippen LogP contribution is -2.12. The van der Waals surface area contributed by atoms with Crippen molar-refractivity contribution in [2.24, 2.45) is 0 Å². The Hall–Kier alpha value is -1.04. The van der Waals surface area contributed by atoms with Crippen LogP contribution in [0.5, 0.6) is 0 Å². The van der Waals surface area contributed by atoms with Crippen molar-refractivity contribution in [1.82, 2.24) is 4.98 Å². The second-order valence-corrected chi connectivity index (χ2v) is 4.24. The fourth-order valence-corrected chi connectivity index (χ4v) is 2.15. The molecule has 0 radical (unpaired) electrons. The topological polar surface area (TPSA) is 39.2 Å². The smallest absolute Gasteiger partial charge is 0.311 e. The molecule has 0 aliphatic carbocycles. The van der Waals surface area contributed by atoms with Crippen LogP contribution in [-0.2, 0) is 16.0 Å². The summed E-state index contributed by atoms with van der Waals surface area (Å²) in [4.78, 5) is 15.3. The van der Waals surface area contributed by atoms with Crippen LogP contribution in [0.15, 0.2) is 10.5 Å². The maximum atomic E-state index is 12.8. The third kappa shape index (κ3) is 3.73. The van der Waals surface area contributed by atoms with Crippen LogP contribution in [-0.4, -0.2) is 17.6 Å². The molecular weight excluding hydrogens is 296 g/mol. The Balaban J connectivity index is 3.08. The number of hydrogen-bond donors (Lipinski definition) is 0. The number of ether oxygens (including phenoxy) is 1. The maximum Gasteiger partial charge on any atom is 0.311 e. The van der Waals surface area contributed by atoms with Crippen molar-refractivity contribution in [3.8, 4) is 0 Å². The molecular formula is C11H12BrF2NO2. The Morgan fingerprint density at radius 3 is 2.76 bits per heavy atom. The highest BCUT2D eigenvalue weighted by molar-refractivity contribution is 9.10. The highest BCUT2D eigenvalue weighted by atomic mass is 79.9. The van der Waals surface area contributed by atoms with Gasteiger partial charge in [-0.2, -0.15) is 0 Å². The molecule has 0 unspecified atom stereocenters. The molecule has 0 amide bonds. The number of rotatable bonds is 4. The summed E-state index contributed by atoms with van der Waals surface area (Å²) in [5.41, 5.74) is 0.384. The Labute approximate surface area is 106 Å². The molecule has 6 heteroatoms. The first-order valence-electron chi connectivity index (χ1n) is 5.05. The van der Waals surface area contributed by atoms with Gasteiger partial charge in [0.15, 0.2) is 0 Å². The Kier molecular flexibility index (Phi) is 4.99. The molecule has 0 aliphatic heterocycles. The first kappa shape index (κ1) is 14.0. The van der Waals surface area contributed by atoms with Gasteiger partial charge in [0.25, 0.3) is 6.43 Å². The number of pyridine rings is 1. The summed E-state index contributed by atoms with van der Waals surface area (Å²) in [5, 5.41) is 0. The maximum absolute atomic E-state index is 12.8. The van der Waals surface area contributed by atoms with Crippen LogP contribution in [0.4, 0.5) is 8.78 Å². The van der Waals surface area contributed by atoms with Crippen LogP contribution in [0.3, 0.4) is 0 Å². The van der Waals surface area contributed by atoms with Crippen molar-refractivity contribution >= 4 is 21.9 Å². The predicted octanol–water partition coefficient (Wildman–Crippen LogP) is 3.20. The second kappa shape index (κ2) is 6.05. The Bertz CT molecular complexity index is 424. The molecule has 0 saturated heterocycles. The number of hydrogen-bond acceptors (Lipinski definition) is 3. The van der Waals surface area contributed by atoms with E-state index in [4.69, 9.17) is 4.74 Å². The van der Waals surface area contributed by atoms with Gasteiger partial charge in [0.05, 0.1) is 24.3 Å². The number of alkyl halides is 2. The van der Waals surface area contributed by atoms with E-state index in [0.717, 1.165) is 0 Å². The molecule has 0 aromatic carbocycles. The normalized spacial score (nSPS) is 10.7. The fourth-order valence-electron chi connectivity index (χ4n) is 1.42. The van der Waals surface area contributed by atoms with Crippen LogP contribution in [0.2, 0.25) is 0 Å². The zero-order chi connectivity index (χ0) is 13.0. The van der Waals surface area contributed by atoms with E-state index >= 15 is 0 Å². The van der Waals surface area contributed by atoms with Gasteiger partial charge in [0.2, 0.25) is 0 Å². The molecule has 0 bridgehead atoms. The van der Waals surface area contributed by atoms with Crippen LogP contribution in [0, 0.1) is 6.92 Å². The number of carbonyl (C=O) groups is 1. The van der Waals surface area contributed by atoms with Crippen LogP contribution in [0.25, 0.3) is 0 Å². The van der Waals surface area contributed by atoms with E-state index in [9.17, 15) is 13.6 Å². The number of aromatic nitrogens is 1. The zero-order valence-corrected chi connectivity index (χ0v) is 11.1. The zero-order valence-electron chi connectivity index (χ0n) is 9.47.